The summed E-state index contributed by atoms with van der Waals surface area (Å²) >= 11 is 0. The van der Waals surface area contributed by atoms with Gasteiger partial charge in [-0.2, -0.15) is 5.26 Å². The number of Topliss-reactive ketones (excluding diaryl/α,β-unsaturated/α-hetero) is 1. The van der Waals surface area contributed by atoms with Crippen molar-refractivity contribution >= 4 is 11.9 Å². The van der Waals surface area contributed by atoms with E-state index < -0.39 is 11.6 Å². The molecule has 0 aromatic heterocycles. The van der Waals surface area contributed by atoms with Crippen LogP contribution in [0.3, 0.4) is 0 Å². The Morgan fingerprint density at radius 3 is 2.52 bits per heavy atom. The van der Waals surface area contributed by atoms with Crippen LogP contribution in [-0.2, 0) is 0 Å². The third-order valence-electron chi connectivity index (χ3n) is 3.43. The number of rotatable bonds is 7. The molecule has 0 unspecified atom stereocenters. The van der Waals surface area contributed by atoms with Crippen molar-refractivity contribution < 1.29 is 18.7 Å². The topological polar surface area (TPSA) is 59.3 Å². The molecule has 25 heavy (non-hydrogen) atoms. The zero-order valence-electron chi connectivity index (χ0n) is 14.1. The fourth-order valence-electron chi connectivity index (χ4n) is 2.18. The average molecular weight is 339 g/mol. The number of halogens is 1. The van der Waals surface area contributed by atoms with E-state index in [1.165, 1.54) is 30.3 Å². The summed E-state index contributed by atoms with van der Waals surface area (Å²) in [6, 6.07) is 12.1. The lowest BCUT2D eigenvalue weighted by Crippen LogP contribution is -2.02. The second-order valence-electron chi connectivity index (χ2n) is 5.26. The number of nitrogens with zero attached hydrogens (tertiary/aromatic N) is 1. The molecule has 0 radical (unpaired) electrons. The Balaban J connectivity index is 2.34. The Hall–Kier alpha value is -3.13. The first-order valence-corrected chi connectivity index (χ1v) is 7.82. The lowest BCUT2D eigenvalue weighted by molar-refractivity contribution is 0.104. The van der Waals surface area contributed by atoms with Crippen molar-refractivity contribution in [2.24, 2.45) is 0 Å². The number of hydrogen-bond acceptors (Lipinski definition) is 4. The second kappa shape index (κ2) is 8.65. The fraction of sp³-hybridized carbons (Fsp3) is 0.200. The van der Waals surface area contributed by atoms with Crippen LogP contribution in [0, 0.1) is 17.1 Å². The number of carbonyl (C=O) groups excluding carboxylic acids is 1. The van der Waals surface area contributed by atoms with Gasteiger partial charge in [-0.05, 0) is 54.5 Å². The molecule has 0 spiro atoms. The predicted molar refractivity (Wildman–Crippen MR) is 93.1 cm³/mol. The molecule has 0 aliphatic heterocycles. The maximum absolute atomic E-state index is 13.0. The van der Waals surface area contributed by atoms with Crippen molar-refractivity contribution in [1.82, 2.24) is 0 Å². The normalized spacial score (nSPS) is 10.9. The molecule has 4 nitrogen and oxygen atoms in total. The molecule has 128 valence electrons. The number of methoxy groups -OCH3 is 1. The predicted octanol–water partition coefficient (Wildman–Crippen LogP) is 4.41. The van der Waals surface area contributed by atoms with Crippen LogP contribution >= 0.6 is 0 Å². The summed E-state index contributed by atoms with van der Waals surface area (Å²) in [5, 5.41) is 9.32. The van der Waals surface area contributed by atoms with Gasteiger partial charge >= 0.3 is 0 Å². The number of nitriles is 1. The molecule has 2 aromatic rings. The molecule has 0 saturated heterocycles. The molecule has 0 atom stereocenters. The average Bonchev–Trinajstić information content (AvgIpc) is 2.64. The van der Waals surface area contributed by atoms with Gasteiger partial charge < -0.3 is 9.47 Å². The smallest absolute Gasteiger partial charge is 0.203 e. The van der Waals surface area contributed by atoms with Gasteiger partial charge in [0.15, 0.2) is 11.5 Å². The van der Waals surface area contributed by atoms with Crippen LogP contribution in [0.15, 0.2) is 48.0 Å². The molecule has 2 rings (SSSR count). The highest BCUT2D eigenvalue weighted by Crippen LogP contribution is 2.29. The summed E-state index contributed by atoms with van der Waals surface area (Å²) in [4.78, 5) is 12.4. The van der Waals surface area contributed by atoms with Crippen LogP contribution in [0.2, 0.25) is 0 Å². The molecule has 0 aliphatic rings. The van der Waals surface area contributed by atoms with Crippen LogP contribution in [0.1, 0.15) is 29.3 Å². The van der Waals surface area contributed by atoms with Crippen LogP contribution < -0.4 is 9.47 Å². The standard InChI is InChI=1S/C20H18FNO3/c1-3-10-25-19-12-14(4-9-18(19)24-2)11-16(13-22)20(23)15-5-7-17(21)8-6-15/h4-9,11-12H,3,10H2,1-2H3/b16-11+. The van der Waals surface area contributed by atoms with Gasteiger partial charge in [0.2, 0.25) is 5.78 Å². The van der Waals surface area contributed by atoms with Crippen molar-refractivity contribution in [2.45, 2.75) is 13.3 Å². The number of hydrogen-bond donors (Lipinski definition) is 0. The number of ketones is 1. The highest BCUT2D eigenvalue weighted by Gasteiger charge is 2.13. The zero-order valence-corrected chi connectivity index (χ0v) is 14.1. The van der Waals surface area contributed by atoms with Gasteiger partial charge in [-0.1, -0.05) is 13.0 Å². The molecule has 0 amide bonds. The molecule has 0 bridgehead atoms. The molecular formula is C20H18FNO3. The van der Waals surface area contributed by atoms with E-state index in [0.717, 1.165) is 6.42 Å². The minimum atomic E-state index is -0.464. The van der Waals surface area contributed by atoms with Crippen molar-refractivity contribution in [1.29, 1.82) is 5.26 Å². The van der Waals surface area contributed by atoms with Gasteiger partial charge in [-0.15, -0.1) is 0 Å². The van der Waals surface area contributed by atoms with E-state index in [9.17, 15) is 14.4 Å². The Bertz CT molecular complexity index is 820. The van der Waals surface area contributed by atoms with Gasteiger partial charge in [-0.3, -0.25) is 4.79 Å². The number of ether oxygens (including phenoxy) is 2. The second-order valence-corrected chi connectivity index (χ2v) is 5.26. The minimum absolute atomic E-state index is 0.0433. The Morgan fingerprint density at radius 2 is 1.92 bits per heavy atom. The number of benzene rings is 2. The molecular weight excluding hydrogens is 321 g/mol. The summed E-state index contributed by atoms with van der Waals surface area (Å²) in [6.07, 6.45) is 2.32. The Kier molecular flexibility index (Phi) is 6.30. The first kappa shape index (κ1) is 18.2. The molecule has 0 aliphatic carbocycles. The van der Waals surface area contributed by atoms with Gasteiger partial charge in [0.25, 0.3) is 0 Å². The summed E-state index contributed by atoms with van der Waals surface area (Å²) in [7, 11) is 1.54. The van der Waals surface area contributed by atoms with Gasteiger partial charge in [-0.25, -0.2) is 4.39 Å². The van der Waals surface area contributed by atoms with Crippen LogP contribution in [-0.4, -0.2) is 19.5 Å². The summed E-state index contributed by atoms with van der Waals surface area (Å²) in [5.41, 5.74) is 0.849. The van der Waals surface area contributed by atoms with Crippen LogP contribution in [0.4, 0.5) is 4.39 Å². The van der Waals surface area contributed by atoms with E-state index in [-0.39, 0.29) is 11.1 Å². The summed E-state index contributed by atoms with van der Waals surface area (Å²) < 4.78 is 23.9. The Labute approximate surface area is 146 Å². The minimum Gasteiger partial charge on any atom is -0.493 e. The lowest BCUT2D eigenvalue weighted by Gasteiger charge is -2.10. The third-order valence-corrected chi connectivity index (χ3v) is 3.43. The zero-order chi connectivity index (χ0) is 18.2. The highest BCUT2D eigenvalue weighted by atomic mass is 19.1. The molecule has 0 fully saturated rings. The Morgan fingerprint density at radius 1 is 1.20 bits per heavy atom. The maximum atomic E-state index is 13.0. The van der Waals surface area contributed by atoms with E-state index in [1.54, 1.807) is 25.3 Å². The molecule has 2 aromatic carbocycles. The van der Waals surface area contributed by atoms with Crippen LogP contribution in [0.25, 0.3) is 6.08 Å². The van der Waals surface area contributed by atoms with E-state index >= 15 is 0 Å². The lowest BCUT2D eigenvalue weighted by atomic mass is 10.0. The fourth-order valence-corrected chi connectivity index (χ4v) is 2.18. The van der Waals surface area contributed by atoms with Crippen molar-refractivity contribution in [3.8, 4) is 17.6 Å². The van der Waals surface area contributed by atoms with Gasteiger partial charge in [0.05, 0.1) is 13.7 Å². The van der Waals surface area contributed by atoms with E-state index in [0.29, 0.717) is 23.7 Å². The van der Waals surface area contributed by atoms with E-state index in [2.05, 4.69) is 0 Å². The molecule has 0 saturated carbocycles. The quantitative estimate of drug-likeness (QED) is 0.426. The van der Waals surface area contributed by atoms with Crippen molar-refractivity contribution in [3.63, 3.8) is 0 Å². The third kappa shape index (κ3) is 4.67. The monoisotopic (exact) mass is 339 g/mol. The van der Waals surface area contributed by atoms with E-state index in [1.807, 2.05) is 13.0 Å². The number of carbonyl (C=O) groups is 1. The van der Waals surface area contributed by atoms with Gasteiger partial charge in [0, 0.05) is 5.56 Å². The van der Waals surface area contributed by atoms with E-state index in [4.69, 9.17) is 9.47 Å². The molecule has 5 heteroatoms. The SMILES string of the molecule is CCCOc1cc(/C=C(\C#N)C(=O)c2ccc(F)cc2)ccc1OC. The molecule has 0 heterocycles. The summed E-state index contributed by atoms with van der Waals surface area (Å²) in [6.45, 7) is 2.52. The maximum Gasteiger partial charge on any atom is 0.203 e. The molecule has 0 N–H and O–H groups in total. The number of allylic oxidation sites excluding steroid dienone is 1. The first-order valence-electron chi connectivity index (χ1n) is 7.82. The largest absolute Gasteiger partial charge is 0.493 e. The first-order chi connectivity index (χ1) is 12.1. The van der Waals surface area contributed by atoms with Gasteiger partial charge in [0.1, 0.15) is 17.5 Å². The van der Waals surface area contributed by atoms with Crippen molar-refractivity contribution in [2.75, 3.05) is 13.7 Å². The van der Waals surface area contributed by atoms with Crippen LogP contribution in [0.5, 0.6) is 11.5 Å². The van der Waals surface area contributed by atoms with Crippen molar-refractivity contribution in [3.05, 3.63) is 65.0 Å². The summed E-state index contributed by atoms with van der Waals surface area (Å²) in [5.74, 6) is 0.222. The highest BCUT2D eigenvalue weighted by molar-refractivity contribution is 6.14.